The molecule has 1 aliphatic heterocycles. The van der Waals surface area contributed by atoms with Crippen LogP contribution in [0.5, 0.6) is 0 Å². The van der Waals surface area contributed by atoms with E-state index in [2.05, 4.69) is 27.9 Å². The first-order chi connectivity index (χ1) is 6.93. The van der Waals surface area contributed by atoms with Gasteiger partial charge in [0, 0.05) is 19.6 Å². The van der Waals surface area contributed by atoms with Crippen LogP contribution in [-0.4, -0.2) is 19.0 Å². The zero-order valence-corrected chi connectivity index (χ0v) is 8.65. The summed E-state index contributed by atoms with van der Waals surface area (Å²) in [6.45, 7) is 3.88. The molecule has 0 aromatic carbocycles. The van der Waals surface area contributed by atoms with E-state index in [1.165, 1.54) is 6.42 Å². The number of ether oxygens (including phenoxy) is 1. The molecule has 5 heteroatoms. The van der Waals surface area contributed by atoms with Crippen LogP contribution in [0, 0.1) is 0 Å². The van der Waals surface area contributed by atoms with E-state index in [1.807, 2.05) is 0 Å². The van der Waals surface area contributed by atoms with Gasteiger partial charge in [-0.05, 0) is 29.7 Å². The summed E-state index contributed by atoms with van der Waals surface area (Å²) in [5.74, 6) is 0.735. The summed E-state index contributed by atoms with van der Waals surface area (Å²) in [6, 6.07) is 0. The monoisotopic (exact) mass is 197 g/mol. The van der Waals surface area contributed by atoms with Gasteiger partial charge >= 0.3 is 0 Å². The fourth-order valence-corrected chi connectivity index (χ4v) is 1.10. The molecule has 5 nitrogen and oxygen atoms in total. The lowest BCUT2D eigenvalue weighted by atomic mass is 10.2. The van der Waals surface area contributed by atoms with E-state index < -0.39 is 0 Å². The van der Waals surface area contributed by atoms with Crippen LogP contribution < -0.4 is 5.43 Å². The molecule has 1 rings (SSSR count). The summed E-state index contributed by atoms with van der Waals surface area (Å²) in [6.07, 6.45) is 5.29. The second kappa shape index (κ2) is 7.44. The third-order valence-electron chi connectivity index (χ3n) is 1.94. The molecule has 14 heavy (non-hydrogen) atoms. The van der Waals surface area contributed by atoms with Gasteiger partial charge < -0.3 is 4.74 Å². The summed E-state index contributed by atoms with van der Waals surface area (Å²) in [5.41, 5.74) is 3.75. The van der Waals surface area contributed by atoms with Crippen molar-refractivity contribution in [3.8, 4) is 0 Å². The molecule has 0 aromatic rings. The number of hydrogen-bond acceptors (Lipinski definition) is 4. The Hall–Kier alpha value is -0.970. The van der Waals surface area contributed by atoms with Gasteiger partial charge in [0.15, 0.2) is 5.84 Å². The highest BCUT2D eigenvalue weighted by Gasteiger charge is 2.04. The second-order valence-corrected chi connectivity index (χ2v) is 3.22. The molecule has 1 aliphatic rings. The van der Waals surface area contributed by atoms with Crippen LogP contribution in [0.4, 0.5) is 0 Å². The highest BCUT2D eigenvalue weighted by Crippen LogP contribution is 2.02. The molecule has 0 aromatic heterocycles. The van der Waals surface area contributed by atoms with Crippen LogP contribution in [0.2, 0.25) is 0 Å². The van der Waals surface area contributed by atoms with Crippen molar-refractivity contribution in [2.24, 2.45) is 15.5 Å². The maximum atomic E-state index is 5.42. The minimum Gasteiger partial charge on any atom is -0.381 e. The van der Waals surface area contributed by atoms with E-state index in [1.54, 1.807) is 0 Å². The van der Waals surface area contributed by atoms with Crippen LogP contribution in [-0.2, 0) is 4.74 Å². The van der Waals surface area contributed by atoms with Crippen LogP contribution in [0.3, 0.4) is 0 Å². The van der Waals surface area contributed by atoms with Gasteiger partial charge in [0.2, 0.25) is 0 Å². The number of unbranched alkanes of at least 4 members (excludes halogenated alkanes) is 2. The Labute approximate surface area is 84.6 Å². The molecule has 0 saturated heterocycles. The van der Waals surface area contributed by atoms with Crippen LogP contribution >= 0.6 is 0 Å². The Morgan fingerprint density at radius 2 is 1.93 bits per heavy atom. The second-order valence-electron chi connectivity index (χ2n) is 3.22. The topological polar surface area (TPSA) is 60.4 Å². The maximum Gasteiger partial charge on any atom is 0.177 e. The van der Waals surface area contributed by atoms with Gasteiger partial charge in [-0.1, -0.05) is 13.3 Å². The molecule has 0 N–H and O–H groups in total. The molecule has 0 fully saturated rings. The normalized spacial score (nSPS) is 14.2. The molecule has 0 amide bonds. The first-order valence-corrected chi connectivity index (χ1v) is 5.19. The van der Waals surface area contributed by atoms with Crippen LogP contribution in [0.25, 0.3) is 0 Å². The van der Waals surface area contributed by atoms with Crippen molar-refractivity contribution in [2.45, 2.75) is 39.0 Å². The Kier molecular flexibility index (Phi) is 5.90. The summed E-state index contributed by atoms with van der Waals surface area (Å²) < 4.78 is 5.42. The van der Waals surface area contributed by atoms with Gasteiger partial charge in [-0.15, -0.1) is 10.5 Å². The van der Waals surface area contributed by atoms with Gasteiger partial charge in [0.25, 0.3) is 0 Å². The lowest BCUT2D eigenvalue weighted by Gasteiger charge is -2.02. The zero-order chi connectivity index (χ0) is 10.1. The van der Waals surface area contributed by atoms with Crippen molar-refractivity contribution >= 4 is 5.84 Å². The Balaban J connectivity index is 1.80. The number of nitrogens with zero attached hydrogens (tertiary/aromatic N) is 4. The number of hydrogen-bond donors (Lipinski definition) is 0. The van der Waals surface area contributed by atoms with Crippen molar-refractivity contribution in [3.63, 3.8) is 0 Å². The number of rotatable bonds is 8. The molecule has 79 valence electrons. The van der Waals surface area contributed by atoms with Crippen molar-refractivity contribution in [3.05, 3.63) is 0 Å². The van der Waals surface area contributed by atoms with E-state index in [0.29, 0.717) is 0 Å². The molecule has 0 aliphatic carbocycles. The Morgan fingerprint density at radius 3 is 2.64 bits per heavy atom. The van der Waals surface area contributed by atoms with Gasteiger partial charge in [-0.3, -0.25) is 0 Å². The fraction of sp³-hybridized carbons (Fsp3) is 0.889. The van der Waals surface area contributed by atoms with E-state index in [0.717, 1.165) is 44.7 Å². The molecule has 0 atom stereocenters. The third kappa shape index (κ3) is 4.91. The van der Waals surface area contributed by atoms with Crippen molar-refractivity contribution < 1.29 is 4.74 Å². The molecule has 0 spiro atoms. The van der Waals surface area contributed by atoms with Gasteiger partial charge in [-0.25, -0.2) is 0 Å². The standard InChI is InChI=1S/C9H17N4O/c1-2-3-7-14-8-5-4-6-9-10-12-13-11-9/h2-8H2,1H3. The van der Waals surface area contributed by atoms with Gasteiger partial charge in [0.1, 0.15) is 0 Å². The zero-order valence-electron chi connectivity index (χ0n) is 8.65. The van der Waals surface area contributed by atoms with Crippen LogP contribution in [0.15, 0.2) is 15.5 Å². The summed E-state index contributed by atoms with van der Waals surface area (Å²) in [4.78, 5) is 0. The summed E-state index contributed by atoms with van der Waals surface area (Å²) in [5, 5.41) is 10.6. The first kappa shape index (κ1) is 11.1. The van der Waals surface area contributed by atoms with Crippen molar-refractivity contribution in [2.75, 3.05) is 13.2 Å². The predicted molar refractivity (Wildman–Crippen MR) is 54.0 cm³/mol. The van der Waals surface area contributed by atoms with E-state index in [4.69, 9.17) is 4.74 Å². The lowest BCUT2D eigenvalue weighted by Crippen LogP contribution is -2.06. The Morgan fingerprint density at radius 1 is 1.07 bits per heavy atom. The Bertz CT molecular complexity index is 203. The minimum absolute atomic E-state index is 0.735. The van der Waals surface area contributed by atoms with E-state index in [-0.39, 0.29) is 0 Å². The smallest absolute Gasteiger partial charge is 0.177 e. The molecule has 0 bridgehead atoms. The first-order valence-electron chi connectivity index (χ1n) is 5.19. The largest absolute Gasteiger partial charge is 0.381 e. The summed E-state index contributed by atoms with van der Waals surface area (Å²) >= 11 is 0. The molecule has 0 unspecified atom stereocenters. The predicted octanol–water partition coefficient (Wildman–Crippen LogP) is 2.27. The molecular weight excluding hydrogens is 180 g/mol. The SMILES string of the molecule is CCCCOCCCCC1=NN=N[N]1. The molecular formula is C9H17N4O. The van der Waals surface area contributed by atoms with Gasteiger partial charge in [0.05, 0.1) is 0 Å². The molecule has 1 radical (unpaired) electrons. The third-order valence-corrected chi connectivity index (χ3v) is 1.94. The summed E-state index contributed by atoms with van der Waals surface area (Å²) in [7, 11) is 0. The van der Waals surface area contributed by atoms with Crippen LogP contribution in [0.1, 0.15) is 39.0 Å². The number of amidine groups is 1. The average Bonchev–Trinajstić information content (AvgIpc) is 2.69. The minimum atomic E-state index is 0.735. The highest BCUT2D eigenvalue weighted by molar-refractivity contribution is 5.81. The van der Waals surface area contributed by atoms with Crippen molar-refractivity contribution in [1.29, 1.82) is 0 Å². The maximum absolute atomic E-state index is 5.42. The van der Waals surface area contributed by atoms with E-state index >= 15 is 0 Å². The lowest BCUT2D eigenvalue weighted by molar-refractivity contribution is 0.128. The average molecular weight is 197 g/mol. The quantitative estimate of drug-likeness (QED) is 0.550. The van der Waals surface area contributed by atoms with Gasteiger partial charge in [-0.2, -0.15) is 0 Å². The van der Waals surface area contributed by atoms with E-state index in [9.17, 15) is 0 Å². The highest BCUT2D eigenvalue weighted by atomic mass is 16.5. The molecule has 1 heterocycles. The van der Waals surface area contributed by atoms with Crippen molar-refractivity contribution in [1.82, 2.24) is 5.43 Å². The molecule has 0 saturated carbocycles. The fourth-order valence-electron chi connectivity index (χ4n) is 1.10.